The molecular weight excluding hydrogens is 267 g/mol. The summed E-state index contributed by atoms with van der Waals surface area (Å²) in [5.41, 5.74) is 1.27. The molecule has 1 unspecified atom stereocenters. The zero-order chi connectivity index (χ0) is 12.1. The van der Waals surface area contributed by atoms with Gasteiger partial charge in [-0.05, 0) is 63.0 Å². The summed E-state index contributed by atoms with van der Waals surface area (Å²) in [5, 5.41) is 7.82. The van der Waals surface area contributed by atoms with Crippen LogP contribution in [0.2, 0.25) is 5.02 Å². The lowest BCUT2D eigenvalue weighted by atomic mass is 9.97. The van der Waals surface area contributed by atoms with Crippen molar-refractivity contribution in [3.8, 4) is 0 Å². The smallest absolute Gasteiger partial charge is 0.0409 e. The van der Waals surface area contributed by atoms with E-state index in [-0.39, 0.29) is 12.4 Å². The van der Waals surface area contributed by atoms with Gasteiger partial charge in [-0.25, -0.2) is 0 Å². The Kier molecular flexibility index (Phi) is 7.02. The standard InChI is InChI=1S/C14H21ClN2.ClH/c1-11(13-3-2-4-14(15)9-13)17-10-12-5-7-16-8-6-12;/h2-4,9,11-12,16-17H,5-8,10H2,1H3;1H. The summed E-state index contributed by atoms with van der Waals surface area (Å²) in [4.78, 5) is 0. The van der Waals surface area contributed by atoms with Crippen molar-refractivity contribution in [1.29, 1.82) is 0 Å². The first-order valence-corrected chi connectivity index (χ1v) is 6.83. The molecule has 0 aliphatic carbocycles. The van der Waals surface area contributed by atoms with Crippen molar-refractivity contribution in [2.24, 2.45) is 5.92 Å². The molecule has 1 aliphatic heterocycles. The van der Waals surface area contributed by atoms with E-state index in [1.165, 1.54) is 18.4 Å². The van der Waals surface area contributed by atoms with Gasteiger partial charge in [0.2, 0.25) is 0 Å². The van der Waals surface area contributed by atoms with Crippen molar-refractivity contribution in [2.75, 3.05) is 19.6 Å². The second kappa shape index (κ2) is 8.00. The highest BCUT2D eigenvalue weighted by Crippen LogP contribution is 2.18. The van der Waals surface area contributed by atoms with E-state index >= 15 is 0 Å². The van der Waals surface area contributed by atoms with Gasteiger partial charge in [-0.3, -0.25) is 0 Å². The van der Waals surface area contributed by atoms with Crippen molar-refractivity contribution in [3.63, 3.8) is 0 Å². The van der Waals surface area contributed by atoms with E-state index in [0.29, 0.717) is 6.04 Å². The number of halogens is 2. The van der Waals surface area contributed by atoms with Crippen LogP contribution < -0.4 is 10.6 Å². The first kappa shape index (κ1) is 15.8. The zero-order valence-electron chi connectivity index (χ0n) is 10.8. The molecule has 1 heterocycles. The zero-order valence-corrected chi connectivity index (χ0v) is 12.4. The molecule has 102 valence electrons. The van der Waals surface area contributed by atoms with Crippen LogP contribution >= 0.6 is 24.0 Å². The van der Waals surface area contributed by atoms with Crippen LogP contribution in [0, 0.1) is 5.92 Å². The Hall–Kier alpha value is -0.280. The molecule has 0 bridgehead atoms. The maximum Gasteiger partial charge on any atom is 0.0409 e. The van der Waals surface area contributed by atoms with Gasteiger partial charge in [-0.1, -0.05) is 23.7 Å². The number of nitrogens with one attached hydrogen (secondary N) is 2. The minimum Gasteiger partial charge on any atom is -0.317 e. The second-order valence-corrected chi connectivity index (χ2v) is 5.31. The second-order valence-electron chi connectivity index (χ2n) is 4.88. The molecule has 4 heteroatoms. The average Bonchev–Trinajstić information content (AvgIpc) is 2.37. The van der Waals surface area contributed by atoms with Crippen molar-refractivity contribution < 1.29 is 0 Å². The Morgan fingerprint density at radius 1 is 1.39 bits per heavy atom. The summed E-state index contributed by atoms with van der Waals surface area (Å²) in [6.07, 6.45) is 2.57. The minimum atomic E-state index is 0. The van der Waals surface area contributed by atoms with Crippen LogP contribution in [0.15, 0.2) is 24.3 Å². The quantitative estimate of drug-likeness (QED) is 0.887. The van der Waals surface area contributed by atoms with E-state index in [2.05, 4.69) is 23.6 Å². The Bertz CT molecular complexity index is 351. The molecule has 2 nitrogen and oxygen atoms in total. The maximum absolute atomic E-state index is 6.00. The van der Waals surface area contributed by atoms with Crippen LogP contribution in [0.4, 0.5) is 0 Å². The molecule has 2 rings (SSSR count). The molecule has 1 fully saturated rings. The largest absolute Gasteiger partial charge is 0.317 e. The minimum absolute atomic E-state index is 0. The van der Waals surface area contributed by atoms with Gasteiger partial charge < -0.3 is 10.6 Å². The molecule has 2 N–H and O–H groups in total. The lowest BCUT2D eigenvalue weighted by Crippen LogP contribution is -2.34. The van der Waals surface area contributed by atoms with Crippen LogP contribution in [0.25, 0.3) is 0 Å². The van der Waals surface area contributed by atoms with E-state index in [1.807, 2.05) is 18.2 Å². The fourth-order valence-electron chi connectivity index (χ4n) is 2.32. The SMILES string of the molecule is CC(NCC1CCNCC1)c1cccc(Cl)c1.Cl. The van der Waals surface area contributed by atoms with Crippen LogP contribution in [-0.2, 0) is 0 Å². The molecule has 0 saturated carbocycles. The van der Waals surface area contributed by atoms with Crippen LogP contribution in [0.5, 0.6) is 0 Å². The topological polar surface area (TPSA) is 24.1 Å². The molecular formula is C14H22Cl2N2. The molecule has 1 aromatic carbocycles. The molecule has 1 saturated heterocycles. The van der Waals surface area contributed by atoms with E-state index in [0.717, 1.165) is 30.6 Å². The Morgan fingerprint density at radius 2 is 2.11 bits per heavy atom. The number of hydrogen-bond donors (Lipinski definition) is 2. The lowest BCUT2D eigenvalue weighted by molar-refractivity contribution is 0.345. The first-order valence-electron chi connectivity index (χ1n) is 6.45. The van der Waals surface area contributed by atoms with Gasteiger partial charge in [0.1, 0.15) is 0 Å². The molecule has 18 heavy (non-hydrogen) atoms. The Labute approximate surface area is 121 Å². The fourth-order valence-corrected chi connectivity index (χ4v) is 2.52. The third kappa shape index (κ3) is 4.77. The highest BCUT2D eigenvalue weighted by molar-refractivity contribution is 6.30. The van der Waals surface area contributed by atoms with Crippen molar-refractivity contribution >= 4 is 24.0 Å². The Balaban J connectivity index is 0.00000162. The molecule has 0 aromatic heterocycles. The van der Waals surface area contributed by atoms with Crippen LogP contribution in [-0.4, -0.2) is 19.6 Å². The number of benzene rings is 1. The summed E-state index contributed by atoms with van der Waals surface area (Å²) in [5.74, 6) is 0.817. The molecule has 1 aliphatic rings. The summed E-state index contributed by atoms with van der Waals surface area (Å²) >= 11 is 6.00. The molecule has 0 amide bonds. The molecule has 1 aromatic rings. The van der Waals surface area contributed by atoms with E-state index in [1.54, 1.807) is 0 Å². The summed E-state index contributed by atoms with van der Waals surface area (Å²) in [7, 11) is 0. The highest BCUT2D eigenvalue weighted by Gasteiger charge is 2.14. The number of hydrogen-bond acceptors (Lipinski definition) is 2. The van der Waals surface area contributed by atoms with Crippen LogP contribution in [0.1, 0.15) is 31.4 Å². The fraction of sp³-hybridized carbons (Fsp3) is 0.571. The normalized spacial score (nSPS) is 18.1. The summed E-state index contributed by atoms with van der Waals surface area (Å²) in [6.45, 7) is 5.64. The maximum atomic E-state index is 6.00. The van der Waals surface area contributed by atoms with E-state index in [9.17, 15) is 0 Å². The third-order valence-corrected chi connectivity index (χ3v) is 3.76. The van der Waals surface area contributed by atoms with Gasteiger partial charge in [0.05, 0.1) is 0 Å². The monoisotopic (exact) mass is 288 g/mol. The van der Waals surface area contributed by atoms with Crippen molar-refractivity contribution in [3.05, 3.63) is 34.9 Å². The van der Waals surface area contributed by atoms with Crippen LogP contribution in [0.3, 0.4) is 0 Å². The van der Waals surface area contributed by atoms with Crippen molar-refractivity contribution in [1.82, 2.24) is 10.6 Å². The molecule has 1 atom stereocenters. The number of rotatable bonds is 4. The van der Waals surface area contributed by atoms with Gasteiger partial charge in [-0.2, -0.15) is 0 Å². The van der Waals surface area contributed by atoms with Crippen molar-refractivity contribution in [2.45, 2.75) is 25.8 Å². The van der Waals surface area contributed by atoms with Gasteiger partial charge >= 0.3 is 0 Å². The molecule has 0 radical (unpaired) electrons. The van der Waals surface area contributed by atoms with Gasteiger partial charge in [0.15, 0.2) is 0 Å². The molecule has 0 spiro atoms. The van der Waals surface area contributed by atoms with Gasteiger partial charge in [0.25, 0.3) is 0 Å². The predicted molar refractivity (Wildman–Crippen MR) is 80.7 cm³/mol. The van der Waals surface area contributed by atoms with Gasteiger partial charge in [0, 0.05) is 11.1 Å². The highest BCUT2D eigenvalue weighted by atomic mass is 35.5. The number of piperidine rings is 1. The summed E-state index contributed by atoms with van der Waals surface area (Å²) < 4.78 is 0. The average molecular weight is 289 g/mol. The summed E-state index contributed by atoms with van der Waals surface area (Å²) in [6, 6.07) is 8.49. The van der Waals surface area contributed by atoms with E-state index < -0.39 is 0 Å². The first-order chi connectivity index (χ1) is 8.25. The van der Waals surface area contributed by atoms with E-state index in [4.69, 9.17) is 11.6 Å². The third-order valence-electron chi connectivity index (χ3n) is 3.52. The predicted octanol–water partition coefficient (Wildman–Crippen LogP) is 3.41. The lowest BCUT2D eigenvalue weighted by Gasteiger charge is -2.25. The van der Waals surface area contributed by atoms with Gasteiger partial charge in [-0.15, -0.1) is 12.4 Å². The Morgan fingerprint density at radius 3 is 2.78 bits per heavy atom.